The molecule has 18 heteroatoms. The average Bonchev–Trinajstić information content (AvgIpc) is 3.74. The molecule has 2 heterocycles. The number of nitriles is 9. The van der Waals surface area contributed by atoms with Crippen molar-refractivity contribution >= 4 is 11.7 Å². The Morgan fingerprint density at radius 1 is 0.791 bits per heavy atom. The molecular weight excluding hydrogens is 552 g/mol. The lowest BCUT2D eigenvalue weighted by molar-refractivity contribution is 0.234. The molecule has 6 atom stereocenters. The number of allylic oxidation sites excluding steroid dienone is 3. The number of amidine groups is 2. The van der Waals surface area contributed by atoms with E-state index in [1.54, 1.807) is 18.2 Å². The van der Waals surface area contributed by atoms with Crippen molar-refractivity contribution in [2.45, 2.75) is 42.9 Å². The Kier molecular flexibility index (Phi) is 9.58. The first kappa shape index (κ1) is 31.1. The van der Waals surface area contributed by atoms with Crippen LogP contribution in [0.15, 0.2) is 43.4 Å². The highest BCUT2D eigenvalue weighted by Crippen LogP contribution is 2.52. The molecule has 2 aliphatic heterocycles. The molecule has 0 aromatic carbocycles. The van der Waals surface area contributed by atoms with Gasteiger partial charge >= 0.3 is 0 Å². The maximum atomic E-state index is 10.2. The molecule has 1 saturated carbocycles. The van der Waals surface area contributed by atoms with Crippen molar-refractivity contribution in [3.8, 4) is 54.6 Å². The fraction of sp³-hybridized carbons (Fsp3) is 0.320. The molecule has 0 spiro atoms. The largest absolute Gasteiger partial charge is 0.321 e. The minimum atomic E-state index is -1.42. The zero-order valence-corrected chi connectivity index (χ0v) is 22.1. The lowest BCUT2D eigenvalue weighted by Crippen LogP contribution is -2.66. The molecule has 0 amide bonds. The van der Waals surface area contributed by atoms with Gasteiger partial charge in [-0.2, -0.15) is 47.4 Å². The van der Waals surface area contributed by atoms with Crippen LogP contribution in [0.1, 0.15) is 0 Å². The molecule has 8 N–H and O–H groups in total. The average molecular weight is 571 g/mol. The monoisotopic (exact) mass is 570 g/mol. The number of aliphatic imine (C=N–C) groups is 2. The molecule has 3 rings (SSSR count). The van der Waals surface area contributed by atoms with Crippen LogP contribution in [0, 0.1) is 102 Å². The Labute approximate surface area is 244 Å². The van der Waals surface area contributed by atoms with E-state index < -0.39 is 42.9 Å². The van der Waals surface area contributed by atoms with Crippen LogP contribution in [-0.4, -0.2) is 66.5 Å². The molecule has 5 unspecified atom stereocenters. The van der Waals surface area contributed by atoms with Crippen LogP contribution in [0.4, 0.5) is 0 Å². The van der Waals surface area contributed by atoms with Gasteiger partial charge in [0.1, 0.15) is 41.8 Å². The minimum Gasteiger partial charge on any atom is -0.321 e. The minimum absolute atomic E-state index is 0.00859. The molecular formula is C25H18N18. The van der Waals surface area contributed by atoms with E-state index >= 15 is 0 Å². The first-order valence-electron chi connectivity index (χ1n) is 11.9. The van der Waals surface area contributed by atoms with E-state index in [1.165, 1.54) is 7.05 Å². The zero-order chi connectivity index (χ0) is 31.8. The van der Waals surface area contributed by atoms with Crippen molar-refractivity contribution in [1.82, 2.24) is 26.2 Å². The number of rotatable bonds is 6. The number of nitrogens with one attached hydrogen (secondary N) is 4. The van der Waals surface area contributed by atoms with Crippen LogP contribution < -0.4 is 32.7 Å². The Balaban J connectivity index is 2.36. The van der Waals surface area contributed by atoms with Gasteiger partial charge in [-0.1, -0.05) is 0 Å². The van der Waals surface area contributed by atoms with Crippen LogP contribution in [0.3, 0.4) is 0 Å². The van der Waals surface area contributed by atoms with Gasteiger partial charge in [-0.25, -0.2) is 9.98 Å². The number of nitrogens with two attached hydrogens (primary N) is 2. The van der Waals surface area contributed by atoms with Gasteiger partial charge in [-0.05, 0) is 7.05 Å². The lowest BCUT2D eigenvalue weighted by Gasteiger charge is -2.32. The van der Waals surface area contributed by atoms with Crippen molar-refractivity contribution in [1.29, 1.82) is 47.4 Å². The van der Waals surface area contributed by atoms with Gasteiger partial charge in [-0.3, -0.25) is 20.9 Å². The van der Waals surface area contributed by atoms with E-state index in [0.717, 1.165) is 4.90 Å². The van der Waals surface area contributed by atoms with E-state index in [0.29, 0.717) is 0 Å². The number of hydrogen-bond acceptors (Lipinski definition) is 18. The number of hydrogen-bond donors (Lipinski definition) is 6. The topological polar surface area (TPSA) is 342 Å². The van der Waals surface area contributed by atoms with Crippen LogP contribution >= 0.6 is 0 Å². The summed E-state index contributed by atoms with van der Waals surface area (Å²) in [7, 11) is 1.35. The Bertz CT molecular complexity index is 1740. The third-order valence-corrected chi connectivity index (χ3v) is 6.39. The van der Waals surface area contributed by atoms with E-state index in [4.69, 9.17) is 11.5 Å². The third-order valence-electron chi connectivity index (χ3n) is 6.39. The van der Waals surface area contributed by atoms with E-state index in [2.05, 4.69) is 31.3 Å². The number of likely N-dealkylation sites (N-methyl/N-ethyl adjacent to an activating group) is 1. The molecule has 1 saturated heterocycles. The van der Waals surface area contributed by atoms with Gasteiger partial charge < -0.3 is 16.8 Å². The van der Waals surface area contributed by atoms with Gasteiger partial charge in [-0.15, -0.1) is 0 Å². The molecule has 2 fully saturated rings. The lowest BCUT2D eigenvalue weighted by atomic mass is 9.98. The Morgan fingerprint density at radius 3 is 1.91 bits per heavy atom. The highest BCUT2D eigenvalue weighted by molar-refractivity contribution is 6.18. The summed E-state index contributed by atoms with van der Waals surface area (Å²) in [4.78, 5) is 8.94. The van der Waals surface area contributed by atoms with Crippen LogP contribution in [0.25, 0.3) is 0 Å². The number of nitrogens with zero attached hydrogens (tertiary/aromatic N) is 12. The summed E-state index contributed by atoms with van der Waals surface area (Å²) in [6.07, 6.45) is -5.96. The van der Waals surface area contributed by atoms with Gasteiger partial charge in [0, 0.05) is 16.7 Å². The maximum absolute atomic E-state index is 10.2. The van der Waals surface area contributed by atoms with Crippen molar-refractivity contribution in [3.05, 3.63) is 33.4 Å². The van der Waals surface area contributed by atoms with E-state index in [-0.39, 0.29) is 45.1 Å². The van der Waals surface area contributed by atoms with Gasteiger partial charge in [0.2, 0.25) is 12.0 Å². The normalized spacial score (nSPS) is 27.7. The first-order valence-corrected chi connectivity index (χ1v) is 11.9. The molecule has 3 aliphatic rings. The van der Waals surface area contributed by atoms with Gasteiger partial charge in [0.15, 0.2) is 12.3 Å². The quantitative estimate of drug-likeness (QED) is 0.137. The van der Waals surface area contributed by atoms with Crippen molar-refractivity contribution < 1.29 is 0 Å². The Hall–Kier alpha value is -6.47. The summed E-state index contributed by atoms with van der Waals surface area (Å²) in [6.45, 7) is 0. The molecule has 208 valence electrons. The highest BCUT2D eigenvalue weighted by atomic mass is 15.3. The zero-order valence-electron chi connectivity index (χ0n) is 22.1. The fourth-order valence-corrected chi connectivity index (χ4v) is 4.26. The summed E-state index contributed by atoms with van der Waals surface area (Å²) in [5.41, 5.74) is 11.4. The van der Waals surface area contributed by atoms with Crippen molar-refractivity contribution in [3.63, 3.8) is 0 Å². The van der Waals surface area contributed by atoms with Crippen LogP contribution in [0.5, 0.6) is 0 Å². The highest BCUT2D eigenvalue weighted by Gasteiger charge is 2.46. The summed E-state index contributed by atoms with van der Waals surface area (Å²) in [5, 5.41) is 98.1. The molecule has 43 heavy (non-hydrogen) atoms. The fourth-order valence-electron chi connectivity index (χ4n) is 4.26. The SMILES string of the molecule is CN(C(N)C#N)C(C#N)[C@@H](N)C(C#N)=C1C(=C(C#N)C2=NC(C#N)N=C(C#N)N2)C1=C(C#N)C1NC(C#N)NC(C#N)N1. The molecule has 0 aromatic heterocycles. The second-order valence-corrected chi connectivity index (χ2v) is 8.75. The Morgan fingerprint density at radius 2 is 1.44 bits per heavy atom. The molecule has 18 nitrogen and oxygen atoms in total. The molecule has 0 radical (unpaired) electrons. The summed E-state index contributed by atoms with van der Waals surface area (Å²) < 4.78 is 0. The maximum Gasteiger partial charge on any atom is 0.231 e. The molecule has 1 aliphatic carbocycles. The van der Waals surface area contributed by atoms with Crippen molar-refractivity contribution in [2.24, 2.45) is 21.5 Å². The molecule has 0 bridgehead atoms. The summed E-state index contributed by atoms with van der Waals surface area (Å²) >= 11 is 0. The second-order valence-electron chi connectivity index (χ2n) is 8.75. The standard InChI is InChI=1S/C25H18N18/c1-43(15(35)6-30)14(5-29)23(36)11(2-26)20-21(12(3-27)24-39-16(7-31)37-17(8-32)40-24)22(20)13(4-28)25-41-18(9-33)38-19(10-34)42-25/h14-18,23-24,37,39-40H,35-36H2,1H3,(H,38,41,42)/t14?,15?,16?,17?,18?,23-,24?/m0/s1. The summed E-state index contributed by atoms with van der Waals surface area (Å²) in [6, 6.07) is 14.0. The van der Waals surface area contributed by atoms with Crippen molar-refractivity contribution in [2.75, 3.05) is 7.05 Å². The molecule has 0 aromatic rings. The predicted molar refractivity (Wildman–Crippen MR) is 142 cm³/mol. The summed E-state index contributed by atoms with van der Waals surface area (Å²) in [5.74, 6) is -0.589. The smallest absolute Gasteiger partial charge is 0.231 e. The van der Waals surface area contributed by atoms with E-state index in [1.807, 2.05) is 36.4 Å². The van der Waals surface area contributed by atoms with E-state index in [9.17, 15) is 47.4 Å². The van der Waals surface area contributed by atoms with Crippen LogP contribution in [0.2, 0.25) is 0 Å². The van der Waals surface area contributed by atoms with Gasteiger partial charge in [0.05, 0.1) is 59.8 Å². The predicted octanol–water partition coefficient (Wildman–Crippen LogP) is -3.00. The van der Waals surface area contributed by atoms with Gasteiger partial charge in [0.25, 0.3) is 0 Å². The van der Waals surface area contributed by atoms with Crippen LogP contribution in [-0.2, 0) is 0 Å². The second kappa shape index (κ2) is 13.3. The first-order chi connectivity index (χ1) is 20.7. The third kappa shape index (κ3) is 6.01.